The maximum atomic E-state index is 13.3. The molecule has 0 spiro atoms. The molecule has 0 bridgehead atoms. The second kappa shape index (κ2) is 14.9. The van der Waals surface area contributed by atoms with E-state index in [0.29, 0.717) is 38.0 Å². The highest BCUT2D eigenvalue weighted by atomic mass is 16.7. The summed E-state index contributed by atoms with van der Waals surface area (Å²) < 4.78 is 2.09. The first kappa shape index (κ1) is 35.6. The van der Waals surface area contributed by atoms with Crippen LogP contribution in [0.5, 0.6) is 0 Å². The molecule has 288 valence electrons. The molecule has 2 aliphatic carbocycles. The lowest BCUT2D eigenvalue weighted by molar-refractivity contribution is -0.136. The summed E-state index contributed by atoms with van der Waals surface area (Å²) in [4.78, 5) is 77.3. The SMILES string of the molecule is O=C1CCC(N2C(=O)c3ccc(NC[C@H]4C[C@H](n5cc(-c6cc(N(Cc7ccccc7)OC(=O)N7CCCCC7)ccn6)c(C6CC6)n5)C4)cc3C2=O)C(=O)N1. The highest BCUT2D eigenvalue weighted by Gasteiger charge is 2.45. The van der Waals surface area contributed by atoms with E-state index in [9.17, 15) is 24.0 Å². The molecule has 5 aliphatic rings. The van der Waals surface area contributed by atoms with Crippen LogP contribution >= 0.6 is 0 Å². The lowest BCUT2D eigenvalue weighted by Gasteiger charge is -2.35. The Morgan fingerprint density at radius 1 is 0.893 bits per heavy atom. The summed E-state index contributed by atoms with van der Waals surface area (Å²) in [5.41, 5.74) is 5.86. The first-order chi connectivity index (χ1) is 27.3. The van der Waals surface area contributed by atoms with Gasteiger partial charge in [-0.05, 0) is 93.2 Å². The summed E-state index contributed by atoms with van der Waals surface area (Å²) in [6, 6.07) is 18.2. The fraction of sp³-hybridized carbons (Fsp3) is 0.405. The molecule has 14 heteroatoms. The minimum Gasteiger partial charge on any atom is -0.385 e. The van der Waals surface area contributed by atoms with Crippen molar-refractivity contribution in [1.82, 2.24) is 29.9 Å². The molecular weight excluding hydrogens is 713 g/mol. The zero-order valence-corrected chi connectivity index (χ0v) is 31.1. The van der Waals surface area contributed by atoms with Gasteiger partial charge in [0.15, 0.2) is 0 Å². The van der Waals surface area contributed by atoms with Gasteiger partial charge in [0.2, 0.25) is 11.8 Å². The third-order valence-electron chi connectivity index (χ3n) is 11.6. The van der Waals surface area contributed by atoms with Crippen molar-refractivity contribution in [3.63, 3.8) is 0 Å². The summed E-state index contributed by atoms with van der Waals surface area (Å²) in [7, 11) is 0. The summed E-state index contributed by atoms with van der Waals surface area (Å²) >= 11 is 0. The van der Waals surface area contributed by atoms with Gasteiger partial charge in [-0.2, -0.15) is 5.10 Å². The zero-order chi connectivity index (χ0) is 38.3. The number of nitrogens with one attached hydrogen (secondary N) is 2. The number of carbonyl (C=O) groups excluding carboxylic acids is 5. The molecule has 56 heavy (non-hydrogen) atoms. The van der Waals surface area contributed by atoms with E-state index in [1.54, 1.807) is 34.4 Å². The number of piperidine rings is 2. The van der Waals surface area contributed by atoms with Crippen LogP contribution in [0.15, 0.2) is 73.1 Å². The fourth-order valence-electron chi connectivity index (χ4n) is 8.25. The number of aromatic nitrogens is 3. The number of hydrogen-bond acceptors (Lipinski definition) is 10. The molecule has 4 aromatic rings. The van der Waals surface area contributed by atoms with E-state index >= 15 is 0 Å². The molecule has 14 nitrogen and oxygen atoms in total. The highest BCUT2D eigenvalue weighted by Crippen LogP contribution is 2.46. The molecule has 9 rings (SSSR count). The summed E-state index contributed by atoms with van der Waals surface area (Å²) in [6.45, 7) is 2.49. The van der Waals surface area contributed by atoms with Gasteiger partial charge in [0.05, 0.1) is 40.8 Å². The fourth-order valence-corrected chi connectivity index (χ4v) is 8.25. The number of benzene rings is 2. The average molecular weight is 757 g/mol. The van der Waals surface area contributed by atoms with E-state index < -0.39 is 29.7 Å². The van der Waals surface area contributed by atoms with Gasteiger partial charge in [-0.1, -0.05) is 30.3 Å². The Morgan fingerprint density at radius 2 is 1.68 bits per heavy atom. The minimum absolute atomic E-state index is 0.0798. The van der Waals surface area contributed by atoms with Gasteiger partial charge in [0, 0.05) is 55.6 Å². The van der Waals surface area contributed by atoms with Crippen LogP contribution < -0.4 is 15.7 Å². The monoisotopic (exact) mass is 756 g/mol. The van der Waals surface area contributed by atoms with E-state index in [1.165, 1.54) is 0 Å². The van der Waals surface area contributed by atoms with Crippen LogP contribution in [0.4, 0.5) is 16.2 Å². The topological polar surface area (TPSA) is 159 Å². The summed E-state index contributed by atoms with van der Waals surface area (Å²) in [5.74, 6) is -1.28. The number of hydrogen-bond donors (Lipinski definition) is 2. The molecule has 2 N–H and O–H groups in total. The van der Waals surface area contributed by atoms with Gasteiger partial charge < -0.3 is 15.1 Å². The third-order valence-corrected chi connectivity index (χ3v) is 11.6. The summed E-state index contributed by atoms with van der Waals surface area (Å²) in [6.07, 6.45) is 10.9. The lowest BCUT2D eigenvalue weighted by atomic mass is 9.80. The molecule has 1 atom stereocenters. The van der Waals surface area contributed by atoms with Crippen molar-refractivity contribution in [3.05, 3.63) is 95.4 Å². The Hall–Kier alpha value is -6.05. The van der Waals surface area contributed by atoms with Crippen molar-refractivity contribution in [1.29, 1.82) is 0 Å². The van der Waals surface area contributed by atoms with Crippen molar-refractivity contribution in [2.45, 2.75) is 82.3 Å². The van der Waals surface area contributed by atoms with Crippen molar-refractivity contribution in [2.24, 2.45) is 5.92 Å². The summed E-state index contributed by atoms with van der Waals surface area (Å²) in [5, 5.41) is 12.5. The first-order valence-corrected chi connectivity index (χ1v) is 19.7. The molecule has 2 saturated heterocycles. The predicted octanol–water partition coefficient (Wildman–Crippen LogP) is 5.83. The molecule has 2 aromatic carbocycles. The van der Waals surface area contributed by atoms with E-state index in [0.717, 1.165) is 83.7 Å². The van der Waals surface area contributed by atoms with Crippen molar-refractivity contribution in [3.8, 4) is 11.3 Å². The second-order valence-electron chi connectivity index (χ2n) is 15.6. The number of imide groups is 2. The standard InChI is InChI=1S/C42H44N8O6/c51-37-14-13-36(39(52)45-37)50-40(53)32-12-11-29(21-33(32)41(50)54)44-23-27-19-31(20-27)48-25-34(38(46-48)28-9-10-28)35-22-30(15-16-43-35)49(24-26-7-3-1-4-8-26)56-42(55)47-17-5-2-6-18-47/h1,3-4,7-8,11-12,15-16,21-22,25,27-28,31,36,44H,2,5-6,9-10,13-14,17-20,23-24H2,(H,45,51,52)/t27-,31-,36?. The van der Waals surface area contributed by atoms with Gasteiger partial charge >= 0.3 is 6.09 Å². The van der Waals surface area contributed by atoms with E-state index in [-0.39, 0.29) is 36.1 Å². The second-order valence-corrected chi connectivity index (χ2v) is 15.6. The number of amides is 5. The normalized spacial score (nSPS) is 22.0. The third kappa shape index (κ3) is 7.11. The molecule has 5 heterocycles. The lowest BCUT2D eigenvalue weighted by Crippen LogP contribution is -2.54. The Balaban J connectivity index is 0.863. The maximum Gasteiger partial charge on any atom is 0.434 e. The maximum absolute atomic E-state index is 13.3. The van der Waals surface area contributed by atoms with E-state index in [1.807, 2.05) is 42.5 Å². The molecule has 2 aromatic heterocycles. The van der Waals surface area contributed by atoms with Crippen LogP contribution in [0.3, 0.4) is 0 Å². The number of likely N-dealkylation sites (tertiary alicyclic amines) is 1. The quantitative estimate of drug-likeness (QED) is 0.141. The number of pyridine rings is 1. The number of rotatable bonds is 11. The first-order valence-electron chi connectivity index (χ1n) is 19.7. The molecule has 3 aliphatic heterocycles. The van der Waals surface area contributed by atoms with E-state index in [2.05, 4.69) is 21.5 Å². The molecular formula is C42H44N8O6. The number of carbonyl (C=O) groups is 5. The van der Waals surface area contributed by atoms with Crippen molar-refractivity contribution < 1.29 is 28.8 Å². The van der Waals surface area contributed by atoms with Crippen molar-refractivity contribution in [2.75, 3.05) is 30.0 Å². The average Bonchev–Trinajstić information content (AvgIpc) is 3.91. The molecule has 1 unspecified atom stereocenters. The van der Waals surface area contributed by atoms with Crippen LogP contribution in [0.25, 0.3) is 11.3 Å². The van der Waals surface area contributed by atoms with Crippen LogP contribution in [-0.4, -0.2) is 80.0 Å². The molecule has 4 fully saturated rings. The van der Waals surface area contributed by atoms with Crippen LogP contribution in [-0.2, 0) is 21.0 Å². The van der Waals surface area contributed by atoms with Gasteiger partial charge in [0.25, 0.3) is 11.8 Å². The molecule has 0 radical (unpaired) electrons. The predicted molar refractivity (Wildman–Crippen MR) is 205 cm³/mol. The number of hydroxylamine groups is 1. The van der Waals surface area contributed by atoms with Gasteiger partial charge in [-0.25, -0.2) is 9.86 Å². The van der Waals surface area contributed by atoms with E-state index in [4.69, 9.17) is 14.9 Å². The van der Waals surface area contributed by atoms with Gasteiger partial charge in [0.1, 0.15) is 6.04 Å². The number of anilines is 2. The number of nitrogens with zero attached hydrogens (tertiary/aromatic N) is 6. The Labute approximate surface area is 324 Å². The Morgan fingerprint density at radius 3 is 2.45 bits per heavy atom. The smallest absolute Gasteiger partial charge is 0.385 e. The molecule has 2 saturated carbocycles. The Kier molecular flexibility index (Phi) is 9.47. The number of fused-ring (bicyclic) bond motifs is 1. The molecule has 5 amide bonds. The highest BCUT2D eigenvalue weighted by molar-refractivity contribution is 6.23. The Bertz CT molecular complexity index is 2190. The van der Waals surface area contributed by atoms with Gasteiger partial charge in [-0.3, -0.25) is 39.1 Å². The minimum atomic E-state index is -0.991. The van der Waals surface area contributed by atoms with Crippen LogP contribution in [0.1, 0.15) is 102 Å². The van der Waals surface area contributed by atoms with Crippen molar-refractivity contribution >= 4 is 41.1 Å². The zero-order valence-electron chi connectivity index (χ0n) is 31.1. The largest absolute Gasteiger partial charge is 0.434 e. The van der Waals surface area contributed by atoms with Gasteiger partial charge in [-0.15, -0.1) is 0 Å². The van der Waals surface area contributed by atoms with Crippen LogP contribution in [0, 0.1) is 5.92 Å². The van der Waals surface area contributed by atoms with Crippen LogP contribution in [0.2, 0.25) is 0 Å².